The van der Waals surface area contributed by atoms with E-state index in [9.17, 15) is 9.59 Å². The number of anilines is 1. The van der Waals surface area contributed by atoms with Crippen LogP contribution in [0.2, 0.25) is 0 Å². The fourth-order valence-corrected chi connectivity index (χ4v) is 2.71. The minimum Gasteiger partial charge on any atom is -0.464 e. The molecule has 2 amide bonds. The third-order valence-electron chi connectivity index (χ3n) is 3.82. The molecule has 1 saturated heterocycles. The molecule has 1 aliphatic rings. The second-order valence-corrected chi connectivity index (χ2v) is 5.02. The monoisotopic (exact) mass is 285 g/mol. The molecule has 6 nitrogen and oxygen atoms in total. The number of carbonyl (C=O) groups excluding carboxylic acids is 2. The van der Waals surface area contributed by atoms with Crippen LogP contribution in [0.4, 0.5) is 5.69 Å². The number of benzene rings is 1. The maximum atomic E-state index is 12.0. The SMILES string of the molecule is CNc1cc2c(C3CCC(=O)NC3=O)coc2cc1C=N. The maximum Gasteiger partial charge on any atom is 0.234 e. The molecule has 3 rings (SSSR count). The number of amides is 2. The highest BCUT2D eigenvalue weighted by atomic mass is 16.3. The molecule has 0 aliphatic carbocycles. The number of fused-ring (bicyclic) bond motifs is 1. The minimum absolute atomic E-state index is 0.231. The van der Waals surface area contributed by atoms with Crippen molar-refractivity contribution in [2.24, 2.45) is 0 Å². The first-order valence-corrected chi connectivity index (χ1v) is 6.71. The molecule has 2 aromatic rings. The van der Waals surface area contributed by atoms with Crippen LogP contribution in [0.15, 0.2) is 22.8 Å². The minimum atomic E-state index is -0.375. The topological polar surface area (TPSA) is 95.2 Å². The van der Waals surface area contributed by atoms with Crippen molar-refractivity contribution in [2.75, 3.05) is 12.4 Å². The molecule has 2 heterocycles. The molecule has 0 saturated carbocycles. The van der Waals surface area contributed by atoms with Crippen molar-refractivity contribution in [3.05, 3.63) is 29.5 Å². The lowest BCUT2D eigenvalue weighted by Crippen LogP contribution is -2.39. The van der Waals surface area contributed by atoms with Crippen LogP contribution in [0.3, 0.4) is 0 Å². The number of hydrogen-bond acceptors (Lipinski definition) is 5. The van der Waals surface area contributed by atoms with Gasteiger partial charge in [-0.2, -0.15) is 0 Å². The van der Waals surface area contributed by atoms with E-state index in [-0.39, 0.29) is 17.7 Å². The van der Waals surface area contributed by atoms with Crippen molar-refractivity contribution >= 4 is 34.7 Å². The van der Waals surface area contributed by atoms with Gasteiger partial charge in [-0.1, -0.05) is 0 Å². The zero-order valence-electron chi connectivity index (χ0n) is 11.5. The highest BCUT2D eigenvalue weighted by Crippen LogP contribution is 2.34. The van der Waals surface area contributed by atoms with Gasteiger partial charge in [-0.05, 0) is 18.6 Å². The Kier molecular flexibility index (Phi) is 3.21. The van der Waals surface area contributed by atoms with Gasteiger partial charge in [0.05, 0.1) is 12.2 Å². The van der Waals surface area contributed by atoms with Gasteiger partial charge >= 0.3 is 0 Å². The van der Waals surface area contributed by atoms with Crippen LogP contribution in [-0.4, -0.2) is 25.1 Å². The fourth-order valence-electron chi connectivity index (χ4n) is 2.71. The van der Waals surface area contributed by atoms with Gasteiger partial charge in [0.15, 0.2) is 0 Å². The van der Waals surface area contributed by atoms with E-state index < -0.39 is 0 Å². The van der Waals surface area contributed by atoms with Crippen LogP contribution in [0, 0.1) is 5.41 Å². The van der Waals surface area contributed by atoms with Gasteiger partial charge in [-0.25, -0.2) is 0 Å². The van der Waals surface area contributed by atoms with E-state index >= 15 is 0 Å². The average molecular weight is 285 g/mol. The predicted octanol–water partition coefficient (Wildman–Crippen LogP) is 1.99. The van der Waals surface area contributed by atoms with Crippen LogP contribution < -0.4 is 10.6 Å². The molecule has 1 atom stereocenters. The lowest BCUT2D eigenvalue weighted by molar-refractivity contribution is -0.134. The number of furan rings is 1. The summed E-state index contributed by atoms with van der Waals surface area (Å²) in [5.74, 6) is -0.887. The number of imide groups is 1. The predicted molar refractivity (Wildman–Crippen MR) is 78.8 cm³/mol. The highest BCUT2D eigenvalue weighted by Gasteiger charge is 2.30. The Hall–Kier alpha value is -2.63. The fraction of sp³-hybridized carbons (Fsp3) is 0.267. The summed E-state index contributed by atoms with van der Waals surface area (Å²) in [6, 6.07) is 3.64. The smallest absolute Gasteiger partial charge is 0.234 e. The summed E-state index contributed by atoms with van der Waals surface area (Å²) in [5, 5.41) is 13.6. The van der Waals surface area contributed by atoms with E-state index in [4.69, 9.17) is 9.83 Å². The van der Waals surface area contributed by atoms with E-state index in [1.807, 2.05) is 6.07 Å². The molecular formula is C15H15N3O3. The van der Waals surface area contributed by atoms with E-state index in [0.29, 0.717) is 24.0 Å². The van der Waals surface area contributed by atoms with E-state index in [1.165, 1.54) is 6.21 Å². The van der Waals surface area contributed by atoms with Crippen molar-refractivity contribution in [1.82, 2.24) is 5.32 Å². The van der Waals surface area contributed by atoms with E-state index in [2.05, 4.69) is 10.6 Å². The number of nitrogens with one attached hydrogen (secondary N) is 3. The standard InChI is InChI=1S/C15H15N3O3/c1-17-12-5-10-11(7-21-13(10)4-8(12)6-16)9-2-3-14(19)18-15(9)20/h4-7,9,16-17H,2-3H2,1H3,(H,18,19,20). The molecule has 21 heavy (non-hydrogen) atoms. The molecular weight excluding hydrogens is 270 g/mol. The molecule has 0 bridgehead atoms. The Bertz CT molecular complexity index is 748. The summed E-state index contributed by atoms with van der Waals surface area (Å²) in [4.78, 5) is 23.2. The zero-order chi connectivity index (χ0) is 15.0. The first kappa shape index (κ1) is 13.4. The third kappa shape index (κ3) is 2.18. The largest absolute Gasteiger partial charge is 0.464 e. The lowest BCUT2D eigenvalue weighted by atomic mass is 9.90. The first-order chi connectivity index (χ1) is 10.1. The zero-order valence-corrected chi connectivity index (χ0v) is 11.5. The maximum absolute atomic E-state index is 12.0. The Labute approximate surface area is 121 Å². The highest BCUT2D eigenvalue weighted by molar-refractivity contribution is 6.03. The van der Waals surface area contributed by atoms with Crippen LogP contribution in [-0.2, 0) is 9.59 Å². The van der Waals surface area contributed by atoms with Gasteiger partial charge < -0.3 is 15.1 Å². The lowest BCUT2D eigenvalue weighted by Gasteiger charge is -2.20. The molecule has 1 fully saturated rings. The molecule has 0 radical (unpaired) electrons. The molecule has 1 unspecified atom stereocenters. The number of carbonyl (C=O) groups is 2. The van der Waals surface area contributed by atoms with Crippen LogP contribution >= 0.6 is 0 Å². The van der Waals surface area contributed by atoms with Crippen molar-refractivity contribution in [2.45, 2.75) is 18.8 Å². The van der Waals surface area contributed by atoms with Crippen molar-refractivity contribution in [1.29, 1.82) is 5.41 Å². The summed E-state index contributed by atoms with van der Waals surface area (Å²) in [6.07, 6.45) is 3.64. The molecule has 108 valence electrons. The van der Waals surface area contributed by atoms with Crippen molar-refractivity contribution in [3.8, 4) is 0 Å². The van der Waals surface area contributed by atoms with E-state index in [0.717, 1.165) is 16.6 Å². The molecule has 6 heteroatoms. The average Bonchev–Trinajstić information content (AvgIpc) is 2.88. The Morgan fingerprint density at radius 3 is 2.90 bits per heavy atom. The molecule has 0 spiro atoms. The second-order valence-electron chi connectivity index (χ2n) is 5.02. The quantitative estimate of drug-likeness (QED) is 0.593. The Morgan fingerprint density at radius 1 is 1.43 bits per heavy atom. The Balaban J connectivity index is 2.09. The van der Waals surface area contributed by atoms with Gasteiger partial charge in [0.1, 0.15) is 5.58 Å². The van der Waals surface area contributed by atoms with Gasteiger partial charge in [0.2, 0.25) is 11.8 Å². The number of piperidine rings is 1. The summed E-state index contributed by atoms with van der Waals surface area (Å²) in [5.41, 5.74) is 2.93. The van der Waals surface area contributed by atoms with Gasteiger partial charge in [-0.15, -0.1) is 0 Å². The molecule has 1 aromatic carbocycles. The summed E-state index contributed by atoms with van der Waals surface area (Å²) < 4.78 is 5.52. The van der Waals surface area contributed by atoms with Crippen molar-refractivity contribution < 1.29 is 14.0 Å². The van der Waals surface area contributed by atoms with Crippen LogP contribution in [0.25, 0.3) is 11.0 Å². The van der Waals surface area contributed by atoms with Crippen molar-refractivity contribution in [3.63, 3.8) is 0 Å². The summed E-state index contributed by atoms with van der Waals surface area (Å²) >= 11 is 0. The molecule has 1 aromatic heterocycles. The van der Waals surface area contributed by atoms with Gasteiger partial charge in [0, 0.05) is 41.9 Å². The second kappa shape index (κ2) is 5.05. The van der Waals surface area contributed by atoms with Gasteiger partial charge in [0.25, 0.3) is 0 Å². The van der Waals surface area contributed by atoms with Crippen LogP contribution in [0.5, 0.6) is 0 Å². The molecule has 3 N–H and O–H groups in total. The summed E-state index contributed by atoms with van der Waals surface area (Å²) in [7, 11) is 1.78. The molecule has 1 aliphatic heterocycles. The Morgan fingerprint density at radius 2 is 2.24 bits per heavy atom. The summed E-state index contributed by atoms with van der Waals surface area (Å²) in [6.45, 7) is 0. The van der Waals surface area contributed by atoms with E-state index in [1.54, 1.807) is 19.4 Å². The number of hydrogen-bond donors (Lipinski definition) is 3. The number of rotatable bonds is 3. The third-order valence-corrected chi connectivity index (χ3v) is 3.82. The normalized spacial score (nSPS) is 18.6. The first-order valence-electron chi connectivity index (χ1n) is 6.71. The van der Waals surface area contributed by atoms with Gasteiger partial charge in [-0.3, -0.25) is 14.9 Å². The van der Waals surface area contributed by atoms with Crippen LogP contribution in [0.1, 0.15) is 29.9 Å².